The Balaban J connectivity index is 1.48. The van der Waals surface area contributed by atoms with Crippen LogP contribution in [-0.4, -0.2) is 26.2 Å². The zero-order chi connectivity index (χ0) is 21.1. The van der Waals surface area contributed by atoms with E-state index in [0.29, 0.717) is 23.8 Å². The Morgan fingerprint density at radius 2 is 1.60 bits per heavy atom. The van der Waals surface area contributed by atoms with Gasteiger partial charge in [0.25, 0.3) is 0 Å². The molecule has 5 rings (SSSR count). The fourth-order valence-corrected chi connectivity index (χ4v) is 8.40. The second-order valence-electron chi connectivity index (χ2n) is 10.8. The fourth-order valence-electron chi connectivity index (χ4n) is 8.40. The van der Waals surface area contributed by atoms with Crippen molar-refractivity contribution in [1.82, 2.24) is 5.32 Å². The summed E-state index contributed by atoms with van der Waals surface area (Å²) in [5.74, 6) is 5.00. The van der Waals surface area contributed by atoms with Crippen LogP contribution in [0.25, 0.3) is 0 Å². The molecule has 1 aromatic carbocycles. The highest BCUT2D eigenvalue weighted by Gasteiger charge is 2.61. The maximum atomic E-state index is 12.0. The summed E-state index contributed by atoms with van der Waals surface area (Å²) < 4.78 is 11.6. The predicted molar refractivity (Wildman–Crippen MR) is 118 cm³/mol. The lowest BCUT2D eigenvalue weighted by Gasteiger charge is -2.60. The number of benzene rings is 1. The standard InChI is InChI=1S/C26H37NO3/c1-25-14-12-18-16(8-11-22-26(18,2)15-13-23(28)27-22)17(25)9-10-19(25)24-20(29-3)6-5-7-21(24)30-4/h5-7,16-19,22H,8-15H2,1-4H3,(H,27,28)/t16-,17-,18+,19?,22?,25-,26+/m0/s1. The fraction of sp³-hybridized carbons (Fsp3) is 0.731. The summed E-state index contributed by atoms with van der Waals surface area (Å²) in [4.78, 5) is 12.0. The van der Waals surface area contributed by atoms with Crippen molar-refractivity contribution in [2.75, 3.05) is 14.2 Å². The number of ether oxygens (including phenoxy) is 2. The lowest BCUT2D eigenvalue weighted by Crippen LogP contribution is -2.60. The van der Waals surface area contributed by atoms with Gasteiger partial charge in [-0.1, -0.05) is 19.9 Å². The number of carbonyl (C=O) groups excluding carboxylic acids is 1. The molecule has 4 heteroatoms. The third-order valence-corrected chi connectivity index (χ3v) is 9.91. The molecule has 7 atom stereocenters. The molecule has 1 saturated heterocycles. The van der Waals surface area contributed by atoms with Crippen LogP contribution in [0, 0.1) is 28.6 Å². The number of fused-ring (bicyclic) bond motifs is 5. The van der Waals surface area contributed by atoms with Crippen LogP contribution in [0.2, 0.25) is 0 Å². The van der Waals surface area contributed by atoms with Gasteiger partial charge in [-0.3, -0.25) is 4.79 Å². The number of nitrogens with one attached hydrogen (secondary N) is 1. The quantitative estimate of drug-likeness (QED) is 0.733. The molecule has 0 aromatic heterocycles. The normalized spacial score (nSPS) is 42.5. The number of amides is 1. The number of methoxy groups -OCH3 is 2. The summed E-state index contributed by atoms with van der Waals surface area (Å²) in [6.45, 7) is 5.03. The van der Waals surface area contributed by atoms with E-state index < -0.39 is 0 Å². The van der Waals surface area contributed by atoms with Gasteiger partial charge < -0.3 is 14.8 Å². The molecule has 1 amide bonds. The van der Waals surface area contributed by atoms with Crippen molar-refractivity contribution < 1.29 is 14.3 Å². The van der Waals surface area contributed by atoms with Gasteiger partial charge in [-0.15, -0.1) is 0 Å². The number of hydrogen-bond donors (Lipinski definition) is 1. The molecule has 4 nitrogen and oxygen atoms in total. The second-order valence-corrected chi connectivity index (χ2v) is 10.8. The van der Waals surface area contributed by atoms with Gasteiger partial charge in [-0.25, -0.2) is 0 Å². The van der Waals surface area contributed by atoms with Gasteiger partial charge in [0.1, 0.15) is 11.5 Å². The summed E-state index contributed by atoms with van der Waals surface area (Å²) in [5, 5.41) is 3.35. The Bertz CT molecular complexity index is 815. The zero-order valence-electron chi connectivity index (χ0n) is 19.0. The van der Waals surface area contributed by atoms with Crippen molar-refractivity contribution in [2.24, 2.45) is 28.6 Å². The third-order valence-electron chi connectivity index (χ3n) is 9.91. The first kappa shape index (κ1) is 20.2. The molecule has 1 aromatic rings. The van der Waals surface area contributed by atoms with Crippen molar-refractivity contribution in [3.05, 3.63) is 23.8 Å². The van der Waals surface area contributed by atoms with E-state index in [0.717, 1.165) is 42.1 Å². The number of hydrogen-bond acceptors (Lipinski definition) is 3. The molecule has 1 N–H and O–H groups in total. The summed E-state index contributed by atoms with van der Waals surface area (Å²) in [6, 6.07) is 6.61. The lowest BCUT2D eigenvalue weighted by molar-refractivity contribution is -0.136. The van der Waals surface area contributed by atoms with Gasteiger partial charge in [0.2, 0.25) is 5.91 Å². The Morgan fingerprint density at radius 3 is 2.30 bits per heavy atom. The van der Waals surface area contributed by atoms with Gasteiger partial charge in [0.05, 0.1) is 14.2 Å². The molecular weight excluding hydrogens is 374 g/mol. The smallest absolute Gasteiger partial charge is 0.220 e. The van der Waals surface area contributed by atoms with E-state index in [1.807, 2.05) is 6.07 Å². The van der Waals surface area contributed by atoms with E-state index >= 15 is 0 Å². The van der Waals surface area contributed by atoms with Crippen molar-refractivity contribution in [2.45, 2.75) is 77.2 Å². The third kappa shape index (κ3) is 2.74. The molecule has 0 radical (unpaired) electrons. The zero-order valence-corrected chi connectivity index (χ0v) is 19.0. The van der Waals surface area contributed by atoms with E-state index in [4.69, 9.17) is 9.47 Å². The minimum absolute atomic E-state index is 0.265. The average molecular weight is 412 g/mol. The van der Waals surface area contributed by atoms with Crippen molar-refractivity contribution in [1.29, 1.82) is 0 Å². The van der Waals surface area contributed by atoms with Crippen LogP contribution in [0.5, 0.6) is 11.5 Å². The van der Waals surface area contributed by atoms with Crippen molar-refractivity contribution in [3.63, 3.8) is 0 Å². The van der Waals surface area contributed by atoms with Crippen LogP contribution in [0.4, 0.5) is 0 Å². The van der Waals surface area contributed by atoms with Crippen LogP contribution in [-0.2, 0) is 4.79 Å². The number of piperidine rings is 1. The first-order chi connectivity index (χ1) is 14.4. The SMILES string of the molecule is COc1cccc(OC)c1C1CC[C@H]2[C@@H]3CCC4NC(=O)CC[C@]4(C)[C@@H]3CC[C@]12C. The van der Waals surface area contributed by atoms with E-state index in [1.165, 1.54) is 37.7 Å². The summed E-state index contributed by atoms with van der Waals surface area (Å²) in [5.41, 5.74) is 1.86. The van der Waals surface area contributed by atoms with E-state index in [2.05, 4.69) is 31.3 Å². The summed E-state index contributed by atoms with van der Waals surface area (Å²) in [6.07, 6.45) is 9.26. The molecule has 3 aliphatic carbocycles. The topological polar surface area (TPSA) is 47.6 Å². The van der Waals surface area contributed by atoms with Gasteiger partial charge in [-0.05, 0) is 91.6 Å². The van der Waals surface area contributed by atoms with Crippen molar-refractivity contribution in [3.8, 4) is 11.5 Å². The van der Waals surface area contributed by atoms with E-state index in [1.54, 1.807) is 14.2 Å². The Kier molecular flexibility index (Phi) is 4.83. The van der Waals surface area contributed by atoms with Gasteiger partial charge in [-0.2, -0.15) is 0 Å². The maximum absolute atomic E-state index is 12.0. The monoisotopic (exact) mass is 411 g/mol. The number of carbonyl (C=O) groups is 1. The molecule has 0 spiro atoms. The maximum Gasteiger partial charge on any atom is 0.220 e. The minimum Gasteiger partial charge on any atom is -0.496 e. The van der Waals surface area contributed by atoms with Crippen LogP contribution < -0.4 is 14.8 Å². The molecule has 1 aliphatic heterocycles. The van der Waals surface area contributed by atoms with Crippen LogP contribution in [0.3, 0.4) is 0 Å². The Labute approximate surface area is 181 Å². The Morgan fingerprint density at radius 1 is 0.900 bits per heavy atom. The predicted octanol–water partition coefficient (Wildman–Crippen LogP) is 5.31. The lowest BCUT2D eigenvalue weighted by atomic mass is 9.47. The largest absolute Gasteiger partial charge is 0.496 e. The first-order valence-electron chi connectivity index (χ1n) is 11.9. The minimum atomic E-state index is 0.265. The summed E-state index contributed by atoms with van der Waals surface area (Å²) >= 11 is 0. The molecular formula is C26H37NO3. The second kappa shape index (κ2) is 7.17. The molecule has 4 fully saturated rings. The average Bonchev–Trinajstić information content (AvgIpc) is 3.10. The number of rotatable bonds is 3. The van der Waals surface area contributed by atoms with E-state index in [9.17, 15) is 4.79 Å². The highest BCUT2D eigenvalue weighted by molar-refractivity contribution is 5.77. The first-order valence-corrected chi connectivity index (χ1v) is 11.9. The molecule has 30 heavy (non-hydrogen) atoms. The highest BCUT2D eigenvalue weighted by atomic mass is 16.5. The van der Waals surface area contributed by atoms with Gasteiger partial charge >= 0.3 is 0 Å². The summed E-state index contributed by atoms with van der Waals surface area (Å²) in [7, 11) is 3.56. The Hall–Kier alpha value is -1.71. The molecule has 0 bridgehead atoms. The van der Waals surface area contributed by atoms with E-state index in [-0.39, 0.29) is 11.3 Å². The molecule has 2 unspecified atom stereocenters. The van der Waals surface area contributed by atoms with Crippen LogP contribution in [0.15, 0.2) is 18.2 Å². The molecule has 1 heterocycles. The van der Waals surface area contributed by atoms with Gasteiger partial charge in [0.15, 0.2) is 0 Å². The van der Waals surface area contributed by atoms with Crippen molar-refractivity contribution >= 4 is 5.91 Å². The molecule has 3 saturated carbocycles. The molecule has 164 valence electrons. The van der Waals surface area contributed by atoms with Gasteiger partial charge in [0, 0.05) is 18.0 Å². The van der Waals surface area contributed by atoms with Crippen LogP contribution in [0.1, 0.15) is 76.7 Å². The van der Waals surface area contributed by atoms with Crippen LogP contribution >= 0.6 is 0 Å². The molecule has 4 aliphatic rings. The highest BCUT2D eigenvalue weighted by Crippen LogP contribution is 2.68.